The minimum atomic E-state index is -3.59. The van der Waals surface area contributed by atoms with E-state index >= 15 is 0 Å². The Bertz CT molecular complexity index is 1170. The predicted octanol–water partition coefficient (Wildman–Crippen LogP) is 3.07. The van der Waals surface area contributed by atoms with Crippen LogP contribution in [0.25, 0.3) is 10.8 Å². The molecule has 0 radical (unpaired) electrons. The van der Waals surface area contributed by atoms with Crippen LogP contribution in [0.1, 0.15) is 13.3 Å². The van der Waals surface area contributed by atoms with Gasteiger partial charge in [0.05, 0.1) is 10.6 Å². The highest BCUT2D eigenvalue weighted by molar-refractivity contribution is 7.99. The summed E-state index contributed by atoms with van der Waals surface area (Å²) in [6.07, 6.45) is 4.68. The maximum atomic E-state index is 13.1. The van der Waals surface area contributed by atoms with Gasteiger partial charge in [-0.15, -0.1) is 0 Å². The molecule has 0 spiro atoms. The molecule has 0 N–H and O–H groups in total. The highest BCUT2D eigenvalue weighted by atomic mass is 32.2. The van der Waals surface area contributed by atoms with Crippen LogP contribution in [0.3, 0.4) is 0 Å². The van der Waals surface area contributed by atoms with Crippen molar-refractivity contribution in [1.29, 1.82) is 0 Å². The molecule has 0 saturated carbocycles. The Morgan fingerprint density at radius 3 is 2.55 bits per heavy atom. The fraction of sp³-hybridized carbons (Fsp3) is 0.364. The highest BCUT2D eigenvalue weighted by Crippen LogP contribution is 2.23. The predicted molar refractivity (Wildman–Crippen MR) is 123 cm³/mol. The van der Waals surface area contributed by atoms with Gasteiger partial charge in [0.1, 0.15) is 0 Å². The third-order valence-corrected chi connectivity index (χ3v) is 8.30. The Labute approximate surface area is 187 Å². The number of amides is 1. The van der Waals surface area contributed by atoms with E-state index in [1.807, 2.05) is 41.1 Å². The van der Waals surface area contributed by atoms with Crippen molar-refractivity contribution in [2.45, 2.75) is 29.9 Å². The van der Waals surface area contributed by atoms with Crippen LogP contribution in [0.5, 0.6) is 0 Å². The van der Waals surface area contributed by atoms with E-state index in [2.05, 4.69) is 11.9 Å². The van der Waals surface area contributed by atoms with Crippen molar-refractivity contribution in [3.05, 3.63) is 54.9 Å². The highest BCUT2D eigenvalue weighted by Gasteiger charge is 2.30. The molecule has 9 heteroatoms. The van der Waals surface area contributed by atoms with Gasteiger partial charge < -0.3 is 9.47 Å². The third kappa shape index (κ3) is 4.78. The second kappa shape index (κ2) is 9.42. The van der Waals surface area contributed by atoms with Gasteiger partial charge in [-0.25, -0.2) is 13.4 Å². The van der Waals surface area contributed by atoms with Crippen molar-refractivity contribution >= 4 is 38.5 Å². The monoisotopic (exact) mass is 458 g/mol. The lowest BCUT2D eigenvalue weighted by Gasteiger charge is -2.34. The Hall–Kier alpha value is -2.36. The first-order valence-electron chi connectivity index (χ1n) is 10.4. The standard InChI is InChI=1S/C22H26N4O3S2/c1-2-10-25-11-9-23-22(25)30-17-21(27)24-12-14-26(15-13-24)31(28,29)20-8-7-18-5-3-4-6-19(18)16-20/h3-9,11,16H,2,10,12-15,17H2,1H3. The average molecular weight is 459 g/mol. The number of hydrogen-bond donors (Lipinski definition) is 0. The molecule has 4 rings (SSSR count). The van der Waals surface area contributed by atoms with Crippen molar-refractivity contribution < 1.29 is 13.2 Å². The molecule has 3 aromatic rings. The van der Waals surface area contributed by atoms with Crippen LogP contribution in [-0.2, 0) is 21.4 Å². The molecule has 2 heterocycles. The van der Waals surface area contributed by atoms with E-state index in [-0.39, 0.29) is 5.91 Å². The van der Waals surface area contributed by atoms with Crippen LogP contribution in [0.4, 0.5) is 0 Å². The van der Waals surface area contributed by atoms with Gasteiger partial charge in [-0.2, -0.15) is 4.31 Å². The number of nitrogens with zero attached hydrogens (tertiary/aromatic N) is 4. The largest absolute Gasteiger partial charge is 0.339 e. The lowest BCUT2D eigenvalue weighted by atomic mass is 10.1. The number of thioether (sulfide) groups is 1. The zero-order valence-corrected chi connectivity index (χ0v) is 19.1. The van der Waals surface area contributed by atoms with Gasteiger partial charge in [-0.1, -0.05) is 49.0 Å². The van der Waals surface area contributed by atoms with Gasteiger partial charge >= 0.3 is 0 Å². The average Bonchev–Trinajstić information content (AvgIpc) is 3.24. The first-order chi connectivity index (χ1) is 15.0. The van der Waals surface area contributed by atoms with Gasteiger partial charge in [0.25, 0.3) is 0 Å². The molecule has 0 aliphatic carbocycles. The maximum Gasteiger partial charge on any atom is 0.243 e. The molecule has 1 aromatic heterocycles. The van der Waals surface area contributed by atoms with E-state index in [9.17, 15) is 13.2 Å². The van der Waals surface area contributed by atoms with Crippen molar-refractivity contribution in [2.75, 3.05) is 31.9 Å². The second-order valence-corrected chi connectivity index (χ2v) is 10.4. The quantitative estimate of drug-likeness (QED) is 0.509. The molecular formula is C22H26N4O3S2. The Balaban J connectivity index is 1.36. The first-order valence-corrected chi connectivity index (χ1v) is 12.8. The number of aromatic nitrogens is 2. The number of benzene rings is 2. The molecule has 1 saturated heterocycles. The van der Waals surface area contributed by atoms with Crippen LogP contribution in [0.2, 0.25) is 0 Å². The molecule has 0 bridgehead atoms. The number of hydrogen-bond acceptors (Lipinski definition) is 5. The number of piperazine rings is 1. The number of fused-ring (bicyclic) bond motifs is 1. The normalized spacial score (nSPS) is 15.5. The van der Waals surface area contributed by atoms with Crippen LogP contribution >= 0.6 is 11.8 Å². The van der Waals surface area contributed by atoms with Crippen LogP contribution in [-0.4, -0.2) is 65.0 Å². The number of carbonyl (C=O) groups is 1. The lowest BCUT2D eigenvalue weighted by molar-refractivity contribution is -0.129. The van der Waals surface area contributed by atoms with Crippen LogP contribution in [0, 0.1) is 0 Å². The smallest absolute Gasteiger partial charge is 0.243 e. The summed E-state index contributed by atoms with van der Waals surface area (Å²) in [5.74, 6) is 0.317. The molecule has 1 aliphatic rings. The zero-order chi connectivity index (χ0) is 21.8. The van der Waals surface area contributed by atoms with Crippen molar-refractivity contribution in [2.24, 2.45) is 0 Å². The van der Waals surface area contributed by atoms with Gasteiger partial charge in [0, 0.05) is 45.1 Å². The van der Waals surface area contributed by atoms with E-state index in [0.29, 0.717) is 36.8 Å². The second-order valence-electron chi connectivity index (χ2n) is 7.49. The Morgan fingerprint density at radius 1 is 1.06 bits per heavy atom. The summed E-state index contributed by atoms with van der Waals surface area (Å²) in [4.78, 5) is 19.0. The number of imidazole rings is 1. The third-order valence-electron chi connectivity index (χ3n) is 5.42. The molecule has 1 fully saturated rings. The van der Waals surface area contributed by atoms with E-state index in [0.717, 1.165) is 28.9 Å². The van der Waals surface area contributed by atoms with E-state index in [4.69, 9.17) is 0 Å². The van der Waals surface area contributed by atoms with E-state index in [1.165, 1.54) is 16.1 Å². The van der Waals surface area contributed by atoms with Crippen LogP contribution < -0.4 is 0 Å². The molecule has 2 aromatic carbocycles. The summed E-state index contributed by atoms with van der Waals surface area (Å²) in [5.41, 5.74) is 0. The SMILES string of the molecule is CCCn1ccnc1SCC(=O)N1CCN(S(=O)(=O)c2ccc3ccccc3c2)CC1. The van der Waals surface area contributed by atoms with E-state index < -0.39 is 10.0 Å². The van der Waals surface area contributed by atoms with Gasteiger partial charge in [0.2, 0.25) is 15.9 Å². The summed E-state index contributed by atoms with van der Waals surface area (Å²) in [6.45, 7) is 4.38. The lowest BCUT2D eigenvalue weighted by Crippen LogP contribution is -2.50. The van der Waals surface area contributed by atoms with Crippen molar-refractivity contribution in [1.82, 2.24) is 18.8 Å². The molecular weight excluding hydrogens is 432 g/mol. The number of aryl methyl sites for hydroxylation is 1. The van der Waals surface area contributed by atoms with Gasteiger partial charge in [-0.3, -0.25) is 4.79 Å². The number of sulfonamides is 1. The maximum absolute atomic E-state index is 13.1. The Morgan fingerprint density at radius 2 is 1.81 bits per heavy atom. The van der Waals surface area contributed by atoms with Crippen LogP contribution in [0.15, 0.2) is 64.9 Å². The molecule has 164 valence electrons. The number of carbonyl (C=O) groups excluding carboxylic acids is 1. The fourth-order valence-electron chi connectivity index (χ4n) is 3.72. The molecule has 7 nitrogen and oxygen atoms in total. The first kappa shape index (κ1) is 21.9. The molecule has 0 unspecified atom stereocenters. The molecule has 31 heavy (non-hydrogen) atoms. The Kier molecular flexibility index (Phi) is 6.64. The molecule has 0 atom stereocenters. The summed E-state index contributed by atoms with van der Waals surface area (Å²) in [5, 5.41) is 2.75. The van der Waals surface area contributed by atoms with Crippen molar-refractivity contribution in [3.8, 4) is 0 Å². The topological polar surface area (TPSA) is 75.5 Å². The summed E-state index contributed by atoms with van der Waals surface area (Å²) in [7, 11) is -3.59. The van der Waals surface area contributed by atoms with Crippen molar-refractivity contribution in [3.63, 3.8) is 0 Å². The molecule has 1 aliphatic heterocycles. The van der Waals surface area contributed by atoms with Gasteiger partial charge in [-0.05, 0) is 29.3 Å². The van der Waals surface area contributed by atoms with E-state index in [1.54, 1.807) is 23.2 Å². The zero-order valence-electron chi connectivity index (χ0n) is 17.5. The minimum Gasteiger partial charge on any atom is -0.339 e. The van der Waals surface area contributed by atoms with Gasteiger partial charge in [0.15, 0.2) is 5.16 Å². The number of rotatable bonds is 7. The summed E-state index contributed by atoms with van der Waals surface area (Å²) < 4.78 is 29.7. The molecule has 1 amide bonds. The minimum absolute atomic E-state index is 0.0128. The summed E-state index contributed by atoms with van der Waals surface area (Å²) in [6, 6.07) is 12.9. The fourth-order valence-corrected chi connectivity index (χ4v) is 6.07. The summed E-state index contributed by atoms with van der Waals surface area (Å²) >= 11 is 1.43.